The minimum atomic E-state index is -3.56. The molecule has 0 atom stereocenters. The van der Waals surface area contributed by atoms with Crippen molar-refractivity contribution in [2.24, 2.45) is 5.10 Å². The van der Waals surface area contributed by atoms with E-state index in [1.807, 2.05) is 35.7 Å². The molecule has 9 heteroatoms. The van der Waals surface area contributed by atoms with Gasteiger partial charge in [0.25, 0.3) is 0 Å². The molecule has 4 aromatic rings. The second-order valence-corrected chi connectivity index (χ2v) is 10.3. The van der Waals surface area contributed by atoms with Gasteiger partial charge in [0.15, 0.2) is 0 Å². The van der Waals surface area contributed by atoms with Crippen LogP contribution in [-0.4, -0.2) is 50.2 Å². The molecule has 0 aliphatic carbocycles. The molecule has 0 amide bonds. The van der Waals surface area contributed by atoms with Crippen molar-refractivity contribution < 1.29 is 13.2 Å². The minimum Gasteiger partial charge on any atom is -0.379 e. The summed E-state index contributed by atoms with van der Waals surface area (Å²) in [6, 6.07) is 21.1. The first kappa shape index (κ1) is 21.7. The number of hydrogen-bond acceptors (Lipinski definition) is 7. The van der Waals surface area contributed by atoms with Crippen molar-refractivity contribution in [3.63, 3.8) is 0 Å². The van der Waals surface area contributed by atoms with E-state index in [9.17, 15) is 8.42 Å². The number of morpholine rings is 1. The minimum absolute atomic E-state index is 0.262. The molecule has 1 aromatic heterocycles. The van der Waals surface area contributed by atoms with Gasteiger partial charge in [-0.05, 0) is 22.9 Å². The van der Waals surface area contributed by atoms with E-state index in [2.05, 4.69) is 33.7 Å². The van der Waals surface area contributed by atoms with Crippen LogP contribution >= 0.6 is 11.3 Å². The molecule has 5 rings (SSSR count). The summed E-state index contributed by atoms with van der Waals surface area (Å²) in [5.41, 5.74) is 5.43. The van der Waals surface area contributed by atoms with Crippen molar-refractivity contribution in [2.75, 3.05) is 31.7 Å². The van der Waals surface area contributed by atoms with Crippen LogP contribution in [0.4, 0.5) is 5.13 Å². The SMILES string of the molecule is O=S(=O)(c1cccc(-c2csc(NN=Cc3cccc4ccccc34)n2)c1)N1CCOCC1. The average molecular weight is 479 g/mol. The Hall–Kier alpha value is -3.11. The highest BCUT2D eigenvalue weighted by molar-refractivity contribution is 7.89. The summed E-state index contributed by atoms with van der Waals surface area (Å²) in [5, 5.41) is 9.14. The fourth-order valence-electron chi connectivity index (χ4n) is 3.73. The Kier molecular flexibility index (Phi) is 6.19. The standard InChI is InChI=1S/C24H22N4O3S2/c29-33(30,28-11-13-31-14-12-28)21-9-4-7-19(15-21)23-17-32-24(26-23)27-25-16-20-8-3-6-18-5-1-2-10-22(18)20/h1-10,15-17H,11-14H2,(H,26,27). The Balaban J connectivity index is 1.33. The fraction of sp³-hybridized carbons (Fsp3) is 0.167. The number of nitrogens with one attached hydrogen (secondary N) is 1. The molecular weight excluding hydrogens is 456 g/mol. The van der Waals surface area contributed by atoms with Crippen LogP contribution < -0.4 is 5.43 Å². The molecular formula is C24H22N4O3S2. The quantitative estimate of drug-likeness (QED) is 0.327. The molecule has 2 heterocycles. The monoisotopic (exact) mass is 478 g/mol. The largest absolute Gasteiger partial charge is 0.379 e. The Morgan fingerprint density at radius 2 is 1.82 bits per heavy atom. The zero-order chi connectivity index (χ0) is 22.7. The first-order valence-corrected chi connectivity index (χ1v) is 12.8. The van der Waals surface area contributed by atoms with Gasteiger partial charge in [-0.3, -0.25) is 5.43 Å². The summed E-state index contributed by atoms with van der Waals surface area (Å²) in [6.45, 7) is 1.57. The van der Waals surface area contributed by atoms with Crippen LogP contribution in [-0.2, 0) is 14.8 Å². The number of rotatable bonds is 6. The van der Waals surface area contributed by atoms with Gasteiger partial charge in [-0.25, -0.2) is 13.4 Å². The summed E-state index contributed by atoms with van der Waals surface area (Å²) >= 11 is 1.41. The van der Waals surface area contributed by atoms with E-state index in [0.29, 0.717) is 37.1 Å². The third-order valence-corrected chi connectivity index (χ3v) is 8.07. The van der Waals surface area contributed by atoms with E-state index < -0.39 is 10.0 Å². The van der Waals surface area contributed by atoms with Crippen LogP contribution in [0.3, 0.4) is 0 Å². The van der Waals surface area contributed by atoms with Crippen LogP contribution in [0, 0.1) is 0 Å². The van der Waals surface area contributed by atoms with Crippen LogP contribution in [0.25, 0.3) is 22.0 Å². The molecule has 3 aromatic carbocycles. The van der Waals surface area contributed by atoms with Crippen molar-refractivity contribution in [3.8, 4) is 11.3 Å². The van der Waals surface area contributed by atoms with E-state index in [4.69, 9.17) is 4.74 Å². The molecule has 7 nitrogen and oxygen atoms in total. The van der Waals surface area contributed by atoms with Gasteiger partial charge in [0.2, 0.25) is 15.2 Å². The summed E-state index contributed by atoms with van der Waals surface area (Å²) in [7, 11) is -3.56. The first-order valence-electron chi connectivity index (χ1n) is 10.5. The predicted octanol–water partition coefficient (Wildman–Crippen LogP) is 4.43. The van der Waals surface area contributed by atoms with E-state index in [0.717, 1.165) is 21.9 Å². The number of ether oxygens (including phenoxy) is 1. The number of fused-ring (bicyclic) bond motifs is 1. The normalized spacial score (nSPS) is 15.3. The zero-order valence-corrected chi connectivity index (χ0v) is 19.3. The van der Waals surface area contributed by atoms with E-state index in [1.54, 1.807) is 24.4 Å². The van der Waals surface area contributed by atoms with Crippen LogP contribution in [0.5, 0.6) is 0 Å². The van der Waals surface area contributed by atoms with Crippen molar-refractivity contribution >= 4 is 43.5 Å². The van der Waals surface area contributed by atoms with Crippen LogP contribution in [0.15, 0.2) is 82.1 Å². The summed E-state index contributed by atoms with van der Waals surface area (Å²) < 4.78 is 32.7. The maximum Gasteiger partial charge on any atom is 0.243 e. The Morgan fingerprint density at radius 3 is 2.70 bits per heavy atom. The number of anilines is 1. The lowest BCUT2D eigenvalue weighted by atomic mass is 10.1. The van der Waals surface area contributed by atoms with E-state index >= 15 is 0 Å². The maximum absolute atomic E-state index is 13.0. The molecule has 1 fully saturated rings. The number of benzene rings is 3. The third kappa shape index (κ3) is 4.67. The second-order valence-electron chi connectivity index (χ2n) is 7.52. The number of hydrogen-bond donors (Lipinski definition) is 1. The summed E-state index contributed by atoms with van der Waals surface area (Å²) in [4.78, 5) is 4.84. The van der Waals surface area contributed by atoms with E-state index in [-0.39, 0.29) is 4.90 Å². The molecule has 1 aliphatic heterocycles. The molecule has 168 valence electrons. The molecule has 0 radical (unpaired) electrons. The van der Waals surface area contributed by atoms with Gasteiger partial charge in [-0.2, -0.15) is 9.41 Å². The van der Waals surface area contributed by atoms with Gasteiger partial charge in [0, 0.05) is 29.6 Å². The van der Waals surface area contributed by atoms with Gasteiger partial charge in [0.1, 0.15) is 0 Å². The second kappa shape index (κ2) is 9.40. The topological polar surface area (TPSA) is 83.9 Å². The number of aromatic nitrogens is 1. The lowest BCUT2D eigenvalue weighted by molar-refractivity contribution is 0.0730. The Bertz CT molecular complexity index is 1400. The van der Waals surface area contributed by atoms with Gasteiger partial charge in [-0.15, -0.1) is 11.3 Å². The van der Waals surface area contributed by atoms with Gasteiger partial charge in [0.05, 0.1) is 30.0 Å². The maximum atomic E-state index is 13.0. The third-order valence-electron chi connectivity index (χ3n) is 5.43. The number of hydrazone groups is 1. The predicted molar refractivity (Wildman–Crippen MR) is 132 cm³/mol. The highest BCUT2D eigenvalue weighted by atomic mass is 32.2. The van der Waals surface area contributed by atoms with Crippen LogP contribution in [0.2, 0.25) is 0 Å². The molecule has 0 spiro atoms. The van der Waals surface area contributed by atoms with Crippen molar-refractivity contribution in [3.05, 3.63) is 77.7 Å². The van der Waals surface area contributed by atoms with Crippen molar-refractivity contribution in [1.29, 1.82) is 0 Å². The lowest BCUT2D eigenvalue weighted by Gasteiger charge is -2.26. The van der Waals surface area contributed by atoms with Gasteiger partial charge >= 0.3 is 0 Å². The number of sulfonamides is 1. The first-order chi connectivity index (χ1) is 16.1. The van der Waals surface area contributed by atoms with Crippen molar-refractivity contribution in [2.45, 2.75) is 4.90 Å². The molecule has 0 saturated carbocycles. The Labute approximate surface area is 196 Å². The molecule has 33 heavy (non-hydrogen) atoms. The zero-order valence-electron chi connectivity index (χ0n) is 17.7. The van der Waals surface area contributed by atoms with Crippen molar-refractivity contribution in [1.82, 2.24) is 9.29 Å². The van der Waals surface area contributed by atoms with Crippen LogP contribution in [0.1, 0.15) is 5.56 Å². The smallest absolute Gasteiger partial charge is 0.243 e. The summed E-state index contributed by atoms with van der Waals surface area (Å²) in [6.07, 6.45) is 1.78. The fourth-order valence-corrected chi connectivity index (χ4v) is 5.85. The number of thiazole rings is 1. The van der Waals surface area contributed by atoms with Gasteiger partial charge < -0.3 is 4.74 Å². The lowest BCUT2D eigenvalue weighted by Crippen LogP contribution is -2.40. The van der Waals surface area contributed by atoms with E-state index in [1.165, 1.54) is 15.6 Å². The summed E-state index contributed by atoms with van der Waals surface area (Å²) in [5.74, 6) is 0. The highest BCUT2D eigenvalue weighted by Crippen LogP contribution is 2.28. The molecule has 1 N–H and O–H groups in total. The molecule has 1 aliphatic rings. The molecule has 0 bridgehead atoms. The number of nitrogens with zero attached hydrogens (tertiary/aromatic N) is 3. The van der Waals surface area contributed by atoms with Gasteiger partial charge in [-0.1, -0.05) is 54.6 Å². The average Bonchev–Trinajstić information content (AvgIpc) is 3.34. The molecule has 1 saturated heterocycles. The highest BCUT2D eigenvalue weighted by Gasteiger charge is 2.26. The molecule has 0 unspecified atom stereocenters. The Morgan fingerprint density at radius 1 is 1.03 bits per heavy atom.